The van der Waals surface area contributed by atoms with E-state index < -0.39 is 15.6 Å². The molecule has 17 heavy (non-hydrogen) atoms. The first kappa shape index (κ1) is 14.7. The minimum absolute atomic E-state index is 0.331. The Balaban J connectivity index is 3.23. The zero-order chi connectivity index (χ0) is 13.3. The Morgan fingerprint density at radius 1 is 1.18 bits per heavy atom. The average Bonchev–Trinajstić information content (AvgIpc) is 2.16. The maximum absolute atomic E-state index is 12.4. The van der Waals surface area contributed by atoms with Crippen molar-refractivity contribution in [1.82, 2.24) is 4.31 Å². The number of halogens is 1. The van der Waals surface area contributed by atoms with Crippen LogP contribution in [-0.2, 0) is 10.0 Å². The Bertz CT molecular complexity index is 474. The zero-order valence-corrected chi connectivity index (χ0v) is 13.0. The van der Waals surface area contributed by atoms with Gasteiger partial charge in [-0.1, -0.05) is 22.9 Å². The van der Waals surface area contributed by atoms with Crippen LogP contribution in [0.4, 0.5) is 0 Å². The molecule has 1 rings (SSSR count). The van der Waals surface area contributed by atoms with Gasteiger partial charge in [0.1, 0.15) is 0 Å². The second kappa shape index (κ2) is 5.08. The molecule has 0 aliphatic rings. The molecule has 0 amide bonds. The lowest BCUT2D eigenvalue weighted by atomic mass is 10.1. The lowest BCUT2D eigenvalue weighted by Gasteiger charge is -2.33. The van der Waals surface area contributed by atoms with Gasteiger partial charge in [-0.05, 0) is 45.0 Å². The summed E-state index contributed by atoms with van der Waals surface area (Å²) in [5.74, 6) is 0. The first-order valence-corrected chi connectivity index (χ1v) is 7.71. The van der Waals surface area contributed by atoms with Gasteiger partial charge >= 0.3 is 0 Å². The van der Waals surface area contributed by atoms with Crippen LogP contribution in [0.15, 0.2) is 33.6 Å². The van der Waals surface area contributed by atoms with E-state index in [9.17, 15) is 8.42 Å². The predicted molar refractivity (Wildman–Crippen MR) is 73.5 cm³/mol. The number of nitrogens with zero attached hydrogens (tertiary/aromatic N) is 1. The molecule has 0 aliphatic heterocycles. The minimum atomic E-state index is -3.41. The van der Waals surface area contributed by atoms with Crippen LogP contribution in [0, 0.1) is 0 Å². The maximum atomic E-state index is 12.4. The summed E-state index contributed by atoms with van der Waals surface area (Å²) in [7, 11) is -3.41. The van der Waals surface area contributed by atoms with Gasteiger partial charge in [0.2, 0.25) is 10.0 Å². The Labute approximate surface area is 112 Å². The van der Waals surface area contributed by atoms with Gasteiger partial charge in [0.25, 0.3) is 0 Å². The Morgan fingerprint density at radius 3 is 2.00 bits per heavy atom. The number of hydrogen-bond acceptors (Lipinski definition) is 2. The summed E-state index contributed by atoms with van der Waals surface area (Å²) in [4.78, 5) is 0.331. The van der Waals surface area contributed by atoms with Crippen LogP contribution in [0.1, 0.15) is 27.7 Å². The highest BCUT2D eigenvalue weighted by Crippen LogP contribution is 2.24. The van der Waals surface area contributed by atoms with Crippen molar-refractivity contribution in [2.75, 3.05) is 6.54 Å². The van der Waals surface area contributed by atoms with Crippen molar-refractivity contribution in [3.63, 3.8) is 0 Å². The van der Waals surface area contributed by atoms with Gasteiger partial charge in [0, 0.05) is 16.6 Å². The van der Waals surface area contributed by atoms with Crippen molar-refractivity contribution in [2.45, 2.75) is 38.1 Å². The predicted octanol–water partition coefficient (Wildman–Crippen LogP) is 3.26. The van der Waals surface area contributed by atoms with Crippen LogP contribution in [-0.4, -0.2) is 24.8 Å². The van der Waals surface area contributed by atoms with Gasteiger partial charge in [-0.2, -0.15) is 4.31 Å². The molecule has 0 saturated heterocycles. The molecule has 0 bridgehead atoms. The van der Waals surface area contributed by atoms with Crippen LogP contribution in [0.3, 0.4) is 0 Å². The van der Waals surface area contributed by atoms with E-state index in [2.05, 4.69) is 15.9 Å². The molecular weight excluding hydrogens is 302 g/mol. The summed E-state index contributed by atoms with van der Waals surface area (Å²) in [5.41, 5.74) is -0.416. The van der Waals surface area contributed by atoms with Crippen LogP contribution in [0.5, 0.6) is 0 Å². The minimum Gasteiger partial charge on any atom is -0.207 e. The summed E-state index contributed by atoms with van der Waals surface area (Å²) in [6.45, 7) is 8.00. The molecule has 3 nitrogen and oxygen atoms in total. The molecule has 0 atom stereocenters. The van der Waals surface area contributed by atoms with Crippen molar-refractivity contribution in [3.05, 3.63) is 28.7 Å². The Hall–Kier alpha value is -0.390. The first-order valence-electron chi connectivity index (χ1n) is 5.48. The first-order chi connectivity index (χ1) is 7.69. The molecule has 0 N–H and O–H groups in total. The highest BCUT2D eigenvalue weighted by atomic mass is 79.9. The third kappa shape index (κ3) is 3.30. The van der Waals surface area contributed by atoms with Crippen LogP contribution in [0.2, 0.25) is 0 Å². The molecule has 0 aliphatic carbocycles. The third-order valence-electron chi connectivity index (χ3n) is 2.44. The molecule has 0 radical (unpaired) electrons. The van der Waals surface area contributed by atoms with Crippen LogP contribution < -0.4 is 0 Å². The molecule has 0 unspecified atom stereocenters. The number of hydrogen-bond donors (Lipinski definition) is 0. The van der Waals surface area contributed by atoms with E-state index in [1.807, 2.05) is 27.7 Å². The van der Waals surface area contributed by atoms with Gasteiger partial charge in [0.05, 0.1) is 4.90 Å². The van der Waals surface area contributed by atoms with Crippen molar-refractivity contribution < 1.29 is 8.42 Å². The van der Waals surface area contributed by atoms with Crippen molar-refractivity contribution in [3.8, 4) is 0 Å². The molecule has 1 aromatic carbocycles. The quantitative estimate of drug-likeness (QED) is 0.857. The molecule has 0 aromatic heterocycles. The topological polar surface area (TPSA) is 37.4 Å². The highest BCUT2D eigenvalue weighted by Gasteiger charge is 2.32. The summed E-state index contributed by atoms with van der Waals surface area (Å²) in [6, 6.07) is 6.72. The van der Waals surface area contributed by atoms with Gasteiger partial charge in [-0.25, -0.2) is 8.42 Å². The largest absolute Gasteiger partial charge is 0.243 e. The highest BCUT2D eigenvalue weighted by molar-refractivity contribution is 9.10. The summed E-state index contributed by atoms with van der Waals surface area (Å²) in [5, 5.41) is 0. The fourth-order valence-electron chi connectivity index (χ4n) is 1.74. The lowest BCUT2D eigenvalue weighted by Crippen LogP contribution is -2.45. The van der Waals surface area contributed by atoms with Gasteiger partial charge in [0.15, 0.2) is 0 Å². The molecular formula is C12H18BrNO2S. The summed E-state index contributed by atoms with van der Waals surface area (Å²) in [6.07, 6.45) is 0. The SMILES string of the molecule is CCN(C(C)(C)C)S(=O)(=O)c1ccc(Br)cc1. The average molecular weight is 320 g/mol. The fourth-order valence-corrected chi connectivity index (χ4v) is 3.80. The van der Waals surface area contributed by atoms with Gasteiger partial charge < -0.3 is 0 Å². The standard InChI is InChI=1S/C12H18BrNO2S/c1-5-14(12(2,3)4)17(15,16)11-8-6-10(13)7-9-11/h6-9H,5H2,1-4H3. The van der Waals surface area contributed by atoms with E-state index in [1.54, 1.807) is 24.3 Å². The monoisotopic (exact) mass is 319 g/mol. The Kier molecular flexibility index (Phi) is 4.38. The number of rotatable bonds is 3. The van der Waals surface area contributed by atoms with E-state index in [0.717, 1.165) is 4.47 Å². The molecule has 0 saturated carbocycles. The normalized spacial score (nSPS) is 13.1. The van der Waals surface area contributed by atoms with E-state index >= 15 is 0 Å². The molecule has 0 fully saturated rings. The Morgan fingerprint density at radius 2 is 1.65 bits per heavy atom. The van der Waals surface area contributed by atoms with Crippen LogP contribution >= 0.6 is 15.9 Å². The van der Waals surface area contributed by atoms with Gasteiger partial charge in [-0.15, -0.1) is 0 Å². The van der Waals surface area contributed by atoms with E-state index in [-0.39, 0.29) is 0 Å². The smallest absolute Gasteiger partial charge is 0.207 e. The number of sulfonamides is 1. The molecule has 0 spiro atoms. The third-order valence-corrected chi connectivity index (χ3v) is 5.22. The van der Waals surface area contributed by atoms with Crippen molar-refractivity contribution >= 4 is 26.0 Å². The lowest BCUT2D eigenvalue weighted by molar-refractivity contribution is 0.260. The second-order valence-electron chi connectivity index (χ2n) is 4.79. The number of benzene rings is 1. The zero-order valence-electron chi connectivity index (χ0n) is 10.6. The molecule has 0 heterocycles. The fraction of sp³-hybridized carbons (Fsp3) is 0.500. The summed E-state index contributed by atoms with van der Waals surface area (Å²) < 4.78 is 27.2. The van der Waals surface area contributed by atoms with Crippen molar-refractivity contribution in [1.29, 1.82) is 0 Å². The van der Waals surface area contributed by atoms with Crippen molar-refractivity contribution in [2.24, 2.45) is 0 Å². The van der Waals surface area contributed by atoms with Crippen LogP contribution in [0.25, 0.3) is 0 Å². The molecule has 1 aromatic rings. The molecule has 96 valence electrons. The second-order valence-corrected chi connectivity index (χ2v) is 7.57. The maximum Gasteiger partial charge on any atom is 0.243 e. The summed E-state index contributed by atoms with van der Waals surface area (Å²) >= 11 is 3.30. The van der Waals surface area contributed by atoms with Gasteiger partial charge in [-0.3, -0.25) is 0 Å². The van der Waals surface area contributed by atoms with E-state index in [0.29, 0.717) is 11.4 Å². The van der Waals surface area contributed by atoms with E-state index in [1.165, 1.54) is 4.31 Å². The van der Waals surface area contributed by atoms with E-state index in [4.69, 9.17) is 0 Å². The molecule has 5 heteroatoms.